The molecule has 71 heavy (non-hydrogen) atoms. The molecular formula is C58H102N2O11. The minimum atomic E-state index is -0.950. The summed E-state index contributed by atoms with van der Waals surface area (Å²) < 4.78 is 40.1. The van der Waals surface area contributed by atoms with Crippen LogP contribution in [0.15, 0.2) is 48.6 Å². The van der Waals surface area contributed by atoms with Gasteiger partial charge < -0.3 is 43.4 Å². The largest absolute Gasteiger partial charge is 0.508 e. The van der Waals surface area contributed by atoms with Gasteiger partial charge in [-0.15, -0.1) is 0 Å². The maximum Gasteiger partial charge on any atom is 0.508 e. The number of allylic oxidation sites excluding steroid dienone is 8. The van der Waals surface area contributed by atoms with Gasteiger partial charge in [0.1, 0.15) is 32.5 Å². The summed E-state index contributed by atoms with van der Waals surface area (Å²) in [4.78, 5) is 53.9. The van der Waals surface area contributed by atoms with Crippen molar-refractivity contribution in [3.05, 3.63) is 48.6 Å². The minimum absolute atomic E-state index is 0.0663. The van der Waals surface area contributed by atoms with Crippen LogP contribution >= 0.6 is 0 Å². The summed E-state index contributed by atoms with van der Waals surface area (Å²) in [5, 5.41) is 2.83. The molecule has 0 saturated carbocycles. The predicted octanol–water partition coefficient (Wildman–Crippen LogP) is 14.2. The highest BCUT2D eigenvalue weighted by atomic mass is 16.7. The topological polar surface area (TPSA) is 148 Å². The molecule has 0 spiro atoms. The van der Waals surface area contributed by atoms with Crippen LogP contribution in [0, 0.1) is 5.92 Å². The molecule has 1 aliphatic rings. The highest BCUT2D eigenvalue weighted by molar-refractivity contribution is 5.70. The van der Waals surface area contributed by atoms with E-state index in [-0.39, 0.29) is 45.2 Å². The minimum Gasteiger partial charge on any atom is -0.465 e. The first-order valence-corrected chi connectivity index (χ1v) is 28.4. The Bertz CT molecular complexity index is 1370. The van der Waals surface area contributed by atoms with Crippen LogP contribution in [0.5, 0.6) is 0 Å². The lowest BCUT2D eigenvalue weighted by Crippen LogP contribution is -2.36. The molecule has 1 fully saturated rings. The molecule has 1 heterocycles. The van der Waals surface area contributed by atoms with Crippen LogP contribution in [0.4, 0.5) is 9.59 Å². The van der Waals surface area contributed by atoms with Gasteiger partial charge in [0.25, 0.3) is 0 Å². The molecular weight excluding hydrogens is 901 g/mol. The van der Waals surface area contributed by atoms with E-state index in [4.69, 9.17) is 33.2 Å². The molecule has 13 heteroatoms. The number of esters is 2. The van der Waals surface area contributed by atoms with Crippen molar-refractivity contribution in [3.63, 3.8) is 0 Å². The molecule has 410 valence electrons. The first-order chi connectivity index (χ1) is 34.8. The zero-order chi connectivity index (χ0) is 51.5. The number of nitrogens with zero attached hydrogens (tertiary/aromatic N) is 1. The molecule has 0 aromatic rings. The molecule has 1 rings (SSSR count). The van der Waals surface area contributed by atoms with Gasteiger partial charge in [0.15, 0.2) is 6.29 Å². The molecule has 1 aliphatic heterocycles. The van der Waals surface area contributed by atoms with Gasteiger partial charge in [0.05, 0.1) is 12.3 Å². The van der Waals surface area contributed by atoms with Gasteiger partial charge in [-0.05, 0) is 129 Å². The maximum atomic E-state index is 13.1. The second-order valence-electron chi connectivity index (χ2n) is 18.9. The Kier molecular flexibility index (Phi) is 45.9. The van der Waals surface area contributed by atoms with Crippen molar-refractivity contribution >= 4 is 24.2 Å². The van der Waals surface area contributed by atoms with Crippen molar-refractivity contribution in [2.75, 3.05) is 65.8 Å². The van der Waals surface area contributed by atoms with Gasteiger partial charge in [0.2, 0.25) is 0 Å². The monoisotopic (exact) mass is 1000 g/mol. The van der Waals surface area contributed by atoms with Gasteiger partial charge in [0, 0.05) is 39.1 Å². The van der Waals surface area contributed by atoms with Gasteiger partial charge >= 0.3 is 24.2 Å². The number of amides is 1. The number of nitrogens with one attached hydrogen (secondary N) is 1. The smallest absolute Gasteiger partial charge is 0.465 e. The molecule has 0 bridgehead atoms. The van der Waals surface area contributed by atoms with Crippen molar-refractivity contribution in [3.8, 4) is 0 Å². The highest BCUT2D eigenvalue weighted by Crippen LogP contribution is 2.15. The summed E-state index contributed by atoms with van der Waals surface area (Å²) in [6.45, 7) is 12.4. The van der Waals surface area contributed by atoms with E-state index in [1.807, 2.05) is 0 Å². The average Bonchev–Trinajstić information content (AvgIpc) is 3.89. The summed E-state index contributed by atoms with van der Waals surface area (Å²) in [6.07, 6.45) is 42.4. The second-order valence-corrected chi connectivity index (χ2v) is 18.9. The lowest BCUT2D eigenvalue weighted by atomic mass is 10.1. The quantitative estimate of drug-likeness (QED) is 0.0203. The molecule has 0 aromatic heterocycles. The van der Waals surface area contributed by atoms with Crippen LogP contribution in [-0.4, -0.2) is 107 Å². The zero-order valence-electron chi connectivity index (χ0n) is 45.4. The van der Waals surface area contributed by atoms with E-state index < -0.39 is 36.5 Å². The number of ether oxygens (including phenoxy) is 7. The summed E-state index contributed by atoms with van der Waals surface area (Å²) in [7, 11) is 0. The Morgan fingerprint density at radius 3 is 1.65 bits per heavy atom. The lowest BCUT2D eigenvalue weighted by molar-refractivity contribution is -0.161. The van der Waals surface area contributed by atoms with Crippen LogP contribution in [-0.2, 0) is 42.7 Å². The van der Waals surface area contributed by atoms with Crippen molar-refractivity contribution in [2.45, 2.75) is 226 Å². The van der Waals surface area contributed by atoms with Gasteiger partial charge in [-0.3, -0.25) is 9.59 Å². The Hall–Kier alpha value is -3.68. The third kappa shape index (κ3) is 43.6. The molecule has 1 amide bonds. The average molecular weight is 1000 g/mol. The third-order valence-electron chi connectivity index (χ3n) is 12.2. The van der Waals surface area contributed by atoms with Crippen molar-refractivity contribution < 1.29 is 52.3 Å². The second kappa shape index (κ2) is 49.9. The Labute approximate surface area is 432 Å². The summed E-state index contributed by atoms with van der Waals surface area (Å²) in [5.41, 5.74) is 0. The summed E-state index contributed by atoms with van der Waals surface area (Å²) in [5.74, 6) is -1.44. The van der Waals surface area contributed by atoms with Gasteiger partial charge in [-0.2, -0.15) is 0 Å². The molecule has 2 atom stereocenters. The van der Waals surface area contributed by atoms with Crippen molar-refractivity contribution in [2.24, 2.45) is 5.92 Å². The van der Waals surface area contributed by atoms with Crippen LogP contribution in [0.1, 0.15) is 214 Å². The van der Waals surface area contributed by atoms with Crippen LogP contribution in [0.2, 0.25) is 0 Å². The van der Waals surface area contributed by atoms with E-state index in [0.29, 0.717) is 32.6 Å². The van der Waals surface area contributed by atoms with Crippen LogP contribution in [0.3, 0.4) is 0 Å². The Balaban J connectivity index is 2.75. The zero-order valence-corrected chi connectivity index (χ0v) is 45.4. The van der Waals surface area contributed by atoms with Crippen molar-refractivity contribution in [1.29, 1.82) is 0 Å². The summed E-state index contributed by atoms with van der Waals surface area (Å²) >= 11 is 0. The molecule has 13 nitrogen and oxygen atoms in total. The first kappa shape index (κ1) is 65.3. The van der Waals surface area contributed by atoms with Gasteiger partial charge in [-0.1, -0.05) is 128 Å². The standard InChI is InChI=1S/C58H102N2O11/c1-5-9-13-17-20-21-22-23-24-25-26-27-28-29-33-39-54(61)67-48-52(49-68-55(62)40-41-56(65-46-36-30-18-14-10-6-2)66-47-37-31-19-15-11-7-3)50-69-58(64)70-51-53(38-32-16-12-8-4)71-57(63)59-42-45-60-43-34-35-44-60/h10-11,14-15,20-21,23-24,52-53,56H,5-9,12-13,16-19,22,25-51H2,1-4H3,(H,59,63)/b14-10-,15-11-,21-20-,24-23-. The molecule has 0 radical (unpaired) electrons. The number of alkyl carbamates (subject to hydrolysis) is 1. The Morgan fingerprint density at radius 2 is 1.03 bits per heavy atom. The molecule has 1 N–H and O–H groups in total. The SMILES string of the molecule is CC/C=C\CCCCOC(CCC(=O)OCC(COC(=O)CCCCCCC/C=C\C/C=C\CCCCC)COC(=O)OCC(CCCCCC)OC(=O)NCCN1CCCC1)OCCCC/C=C\CC. The lowest BCUT2D eigenvalue weighted by Gasteiger charge is -2.21. The number of carbonyl (C=O) groups is 4. The normalized spacial score (nSPS) is 14.0. The number of unbranched alkanes of at least 4 members (excludes halogenated alkanes) is 15. The fourth-order valence-corrected chi connectivity index (χ4v) is 7.85. The highest BCUT2D eigenvalue weighted by Gasteiger charge is 2.22. The molecule has 0 aliphatic carbocycles. The first-order valence-electron chi connectivity index (χ1n) is 28.4. The molecule has 2 unspecified atom stereocenters. The van der Waals surface area contributed by atoms with E-state index in [0.717, 1.165) is 142 Å². The number of rotatable bonds is 48. The fraction of sp³-hybridized carbons (Fsp3) is 0.793. The van der Waals surface area contributed by atoms with E-state index in [1.165, 1.54) is 38.5 Å². The number of hydrogen-bond acceptors (Lipinski definition) is 12. The Morgan fingerprint density at radius 1 is 0.521 bits per heavy atom. The number of likely N-dealkylation sites (tertiary alicyclic amines) is 1. The number of hydrogen-bond donors (Lipinski definition) is 1. The fourth-order valence-electron chi connectivity index (χ4n) is 7.85. The number of carbonyl (C=O) groups excluding carboxylic acids is 4. The van der Waals surface area contributed by atoms with Crippen molar-refractivity contribution in [1.82, 2.24) is 10.2 Å². The molecule has 0 aromatic carbocycles. The van der Waals surface area contributed by atoms with E-state index in [2.05, 4.69) is 86.5 Å². The van der Waals surface area contributed by atoms with E-state index >= 15 is 0 Å². The van der Waals surface area contributed by atoms with Gasteiger partial charge in [-0.25, -0.2) is 9.59 Å². The maximum absolute atomic E-state index is 13.1. The van der Waals surface area contributed by atoms with Crippen LogP contribution in [0.25, 0.3) is 0 Å². The predicted molar refractivity (Wildman–Crippen MR) is 286 cm³/mol. The summed E-state index contributed by atoms with van der Waals surface area (Å²) in [6, 6.07) is 0. The third-order valence-corrected chi connectivity index (χ3v) is 12.2. The van der Waals surface area contributed by atoms with E-state index in [1.54, 1.807) is 0 Å². The molecule has 1 saturated heterocycles. The van der Waals surface area contributed by atoms with Crippen LogP contribution < -0.4 is 5.32 Å². The van der Waals surface area contributed by atoms with E-state index in [9.17, 15) is 19.2 Å².